The van der Waals surface area contributed by atoms with Crippen molar-refractivity contribution in [3.05, 3.63) is 16.1 Å². The lowest BCUT2D eigenvalue weighted by molar-refractivity contribution is 0.195. The van der Waals surface area contributed by atoms with Crippen LogP contribution in [-0.4, -0.2) is 18.7 Å². The Bertz CT molecular complexity index is 320. The van der Waals surface area contributed by atoms with Crippen LogP contribution in [0.5, 0.6) is 0 Å². The summed E-state index contributed by atoms with van der Waals surface area (Å²) >= 11 is 1.73. The average molecular weight is 226 g/mol. The lowest BCUT2D eigenvalue weighted by Crippen LogP contribution is -2.43. The first-order chi connectivity index (χ1) is 7.24. The first-order valence-electron chi connectivity index (χ1n) is 5.47. The van der Waals surface area contributed by atoms with Gasteiger partial charge in [0.05, 0.1) is 16.2 Å². The summed E-state index contributed by atoms with van der Waals surface area (Å²) in [6, 6.07) is 0. The average Bonchev–Trinajstić information content (AvgIpc) is 2.64. The number of aryl methyl sites for hydroxylation is 1. The van der Waals surface area contributed by atoms with Gasteiger partial charge in [0.2, 0.25) is 0 Å². The minimum absolute atomic E-state index is 0.101. The maximum Gasteiger partial charge on any atom is 0.0929 e. The molecule has 3 nitrogen and oxygen atoms in total. The van der Waals surface area contributed by atoms with E-state index in [9.17, 15) is 0 Å². The van der Waals surface area contributed by atoms with Gasteiger partial charge < -0.3 is 10.5 Å². The molecular weight excluding hydrogens is 208 g/mol. The van der Waals surface area contributed by atoms with Gasteiger partial charge in [0, 0.05) is 25.5 Å². The van der Waals surface area contributed by atoms with Crippen LogP contribution in [0.1, 0.15) is 36.4 Å². The van der Waals surface area contributed by atoms with E-state index in [4.69, 9.17) is 10.5 Å². The Balaban J connectivity index is 1.92. The van der Waals surface area contributed by atoms with Crippen LogP contribution in [-0.2, 0) is 16.7 Å². The number of rotatable bonds is 5. The van der Waals surface area contributed by atoms with E-state index in [1.165, 1.54) is 11.4 Å². The molecule has 0 amide bonds. The van der Waals surface area contributed by atoms with E-state index in [1.54, 1.807) is 18.4 Å². The Kier molecular flexibility index (Phi) is 3.38. The molecule has 0 aliphatic heterocycles. The van der Waals surface area contributed by atoms with Crippen molar-refractivity contribution in [2.45, 2.75) is 37.6 Å². The summed E-state index contributed by atoms with van der Waals surface area (Å²) in [5.41, 5.74) is 7.21. The van der Waals surface area contributed by atoms with Crippen LogP contribution in [0.3, 0.4) is 0 Å². The second-order valence-corrected chi connectivity index (χ2v) is 5.18. The van der Waals surface area contributed by atoms with Gasteiger partial charge in [-0.15, -0.1) is 11.3 Å². The maximum atomic E-state index is 6.21. The quantitative estimate of drug-likeness (QED) is 0.782. The minimum Gasteiger partial charge on any atom is -0.385 e. The Labute approximate surface area is 94.7 Å². The van der Waals surface area contributed by atoms with E-state index in [2.05, 4.69) is 10.4 Å². The zero-order chi connectivity index (χ0) is 10.7. The highest BCUT2D eigenvalue weighted by Crippen LogP contribution is 2.38. The van der Waals surface area contributed by atoms with Crippen LogP contribution in [0.25, 0.3) is 0 Å². The Morgan fingerprint density at radius 2 is 2.40 bits per heavy atom. The zero-order valence-electron chi connectivity index (χ0n) is 9.16. The maximum absolute atomic E-state index is 6.21. The fraction of sp³-hybridized carbons (Fsp3) is 0.727. The second-order valence-electron chi connectivity index (χ2n) is 4.23. The second kappa shape index (κ2) is 4.60. The van der Waals surface area contributed by atoms with Crippen LogP contribution in [0.15, 0.2) is 5.38 Å². The summed E-state index contributed by atoms with van der Waals surface area (Å²) in [7, 11) is 1.73. The third-order valence-electron chi connectivity index (χ3n) is 3.05. The monoisotopic (exact) mass is 226 g/mol. The summed E-state index contributed by atoms with van der Waals surface area (Å²) in [6.07, 6.45) is 5.48. The molecule has 1 aromatic rings. The molecule has 0 saturated heterocycles. The van der Waals surface area contributed by atoms with Crippen molar-refractivity contribution in [2.75, 3.05) is 13.7 Å². The molecule has 1 saturated carbocycles. The largest absolute Gasteiger partial charge is 0.385 e. The molecule has 0 unspecified atom stereocenters. The fourth-order valence-corrected chi connectivity index (χ4v) is 2.78. The molecule has 1 fully saturated rings. The fourth-order valence-electron chi connectivity index (χ4n) is 1.84. The van der Waals surface area contributed by atoms with Crippen LogP contribution in [0.2, 0.25) is 0 Å². The van der Waals surface area contributed by atoms with Crippen molar-refractivity contribution in [2.24, 2.45) is 5.73 Å². The van der Waals surface area contributed by atoms with Crippen LogP contribution in [0, 0.1) is 0 Å². The molecule has 2 N–H and O–H groups in total. The third kappa shape index (κ3) is 2.38. The van der Waals surface area contributed by atoms with E-state index in [0.29, 0.717) is 0 Å². The summed E-state index contributed by atoms with van der Waals surface area (Å²) in [5.74, 6) is 0. The predicted molar refractivity (Wildman–Crippen MR) is 62.0 cm³/mol. The normalized spacial score (nSPS) is 18.8. The summed E-state index contributed by atoms with van der Waals surface area (Å²) < 4.78 is 5.02. The first-order valence-corrected chi connectivity index (χ1v) is 6.35. The van der Waals surface area contributed by atoms with Crippen molar-refractivity contribution in [3.8, 4) is 0 Å². The van der Waals surface area contributed by atoms with Gasteiger partial charge in [0.25, 0.3) is 0 Å². The summed E-state index contributed by atoms with van der Waals surface area (Å²) in [4.78, 5) is 4.61. The SMILES string of the molecule is COCCCc1nc(C2(N)CCC2)cs1. The molecule has 4 heteroatoms. The van der Waals surface area contributed by atoms with Gasteiger partial charge in [0.1, 0.15) is 0 Å². The number of thiazole rings is 1. The van der Waals surface area contributed by atoms with Crippen molar-refractivity contribution >= 4 is 11.3 Å². The molecule has 15 heavy (non-hydrogen) atoms. The number of aromatic nitrogens is 1. The van der Waals surface area contributed by atoms with E-state index in [0.717, 1.165) is 38.0 Å². The van der Waals surface area contributed by atoms with Gasteiger partial charge >= 0.3 is 0 Å². The molecule has 0 bridgehead atoms. The molecule has 1 heterocycles. The molecular formula is C11H18N2OS. The smallest absolute Gasteiger partial charge is 0.0929 e. The highest BCUT2D eigenvalue weighted by atomic mass is 32.1. The molecule has 84 valence electrons. The number of hydrogen-bond donors (Lipinski definition) is 1. The van der Waals surface area contributed by atoms with Crippen molar-refractivity contribution in [3.63, 3.8) is 0 Å². The molecule has 0 radical (unpaired) electrons. The summed E-state index contributed by atoms with van der Waals surface area (Å²) in [5, 5.41) is 3.32. The van der Waals surface area contributed by atoms with E-state index in [1.807, 2.05) is 0 Å². The standard InChI is InChI=1S/C11H18N2OS/c1-14-7-2-4-10-13-9(8-15-10)11(12)5-3-6-11/h8H,2-7,12H2,1H3. The number of methoxy groups -OCH3 is 1. The highest BCUT2D eigenvalue weighted by Gasteiger charge is 2.36. The number of nitrogens with zero attached hydrogens (tertiary/aromatic N) is 1. The Morgan fingerprint density at radius 1 is 1.60 bits per heavy atom. The van der Waals surface area contributed by atoms with Crippen LogP contribution in [0.4, 0.5) is 0 Å². The number of hydrogen-bond acceptors (Lipinski definition) is 4. The molecule has 1 aliphatic rings. The van der Waals surface area contributed by atoms with Gasteiger partial charge in [-0.2, -0.15) is 0 Å². The molecule has 1 aromatic heterocycles. The van der Waals surface area contributed by atoms with Gasteiger partial charge in [0.15, 0.2) is 0 Å². The predicted octanol–water partition coefficient (Wildman–Crippen LogP) is 2.06. The number of nitrogens with two attached hydrogens (primary N) is 1. The molecule has 0 aromatic carbocycles. The number of ether oxygens (including phenoxy) is 1. The van der Waals surface area contributed by atoms with Crippen molar-refractivity contribution < 1.29 is 4.74 Å². The van der Waals surface area contributed by atoms with Crippen LogP contribution >= 0.6 is 11.3 Å². The molecule has 0 atom stereocenters. The van der Waals surface area contributed by atoms with Gasteiger partial charge in [-0.3, -0.25) is 0 Å². The lowest BCUT2D eigenvalue weighted by atomic mass is 9.76. The van der Waals surface area contributed by atoms with Crippen molar-refractivity contribution in [1.29, 1.82) is 0 Å². The molecule has 2 rings (SSSR count). The lowest BCUT2D eigenvalue weighted by Gasteiger charge is -2.36. The molecule has 1 aliphatic carbocycles. The van der Waals surface area contributed by atoms with Crippen molar-refractivity contribution in [1.82, 2.24) is 4.98 Å². The topological polar surface area (TPSA) is 48.1 Å². The van der Waals surface area contributed by atoms with E-state index >= 15 is 0 Å². The van der Waals surface area contributed by atoms with E-state index in [-0.39, 0.29) is 5.54 Å². The molecule has 0 spiro atoms. The van der Waals surface area contributed by atoms with E-state index < -0.39 is 0 Å². The Morgan fingerprint density at radius 3 is 3.00 bits per heavy atom. The Hall–Kier alpha value is -0.450. The summed E-state index contributed by atoms with van der Waals surface area (Å²) in [6.45, 7) is 0.808. The van der Waals surface area contributed by atoms with Gasteiger partial charge in [-0.1, -0.05) is 0 Å². The first kappa shape index (κ1) is 11.0. The minimum atomic E-state index is -0.101. The zero-order valence-corrected chi connectivity index (χ0v) is 9.98. The van der Waals surface area contributed by atoms with Gasteiger partial charge in [-0.25, -0.2) is 4.98 Å². The van der Waals surface area contributed by atoms with Gasteiger partial charge in [-0.05, 0) is 25.7 Å². The van der Waals surface area contributed by atoms with Crippen LogP contribution < -0.4 is 5.73 Å². The highest BCUT2D eigenvalue weighted by molar-refractivity contribution is 7.09. The third-order valence-corrected chi connectivity index (χ3v) is 3.96.